The van der Waals surface area contributed by atoms with Crippen molar-refractivity contribution < 1.29 is 5.11 Å². The van der Waals surface area contributed by atoms with Gasteiger partial charge in [-0.1, -0.05) is 42.5 Å². The summed E-state index contributed by atoms with van der Waals surface area (Å²) < 4.78 is 0. The van der Waals surface area contributed by atoms with E-state index in [1.807, 2.05) is 48.5 Å². The minimum atomic E-state index is 0.241. The lowest BCUT2D eigenvalue weighted by Gasteiger charge is -2.02. The van der Waals surface area contributed by atoms with Crippen molar-refractivity contribution in [2.45, 2.75) is 0 Å². The molecule has 0 spiro atoms. The van der Waals surface area contributed by atoms with Gasteiger partial charge in [0.1, 0.15) is 5.75 Å². The van der Waals surface area contributed by atoms with Crippen molar-refractivity contribution >= 4 is 22.1 Å². The summed E-state index contributed by atoms with van der Waals surface area (Å²) in [6.07, 6.45) is 0. The third-order valence-electron chi connectivity index (χ3n) is 2.71. The van der Waals surface area contributed by atoms with Crippen LogP contribution in [-0.2, 0) is 0 Å². The summed E-state index contributed by atoms with van der Waals surface area (Å²) in [5.74, 6) is 0.241. The lowest BCUT2D eigenvalue weighted by Crippen LogP contribution is -1.85. The number of benzene rings is 3. The number of fused-ring (bicyclic) bond motifs is 1. The van der Waals surface area contributed by atoms with Gasteiger partial charge in [-0.15, -0.1) is 0 Å². The van der Waals surface area contributed by atoms with E-state index in [1.54, 1.807) is 18.2 Å². The number of aromatic hydroxyl groups is 1. The highest BCUT2D eigenvalue weighted by molar-refractivity contribution is 5.97. The Bertz CT molecular complexity index is 629. The molecule has 0 bridgehead atoms. The first-order chi connectivity index (χ1) is 9.18. The molecule has 0 radical (unpaired) electrons. The first kappa shape index (κ1) is 12.8. The second-order valence-corrected chi connectivity index (χ2v) is 4.13. The molecule has 0 unspecified atom stereocenters. The molecular formula is C16H16N2O. The maximum Gasteiger partial charge on any atom is 0.125 e. The van der Waals surface area contributed by atoms with Gasteiger partial charge >= 0.3 is 0 Å². The van der Waals surface area contributed by atoms with Crippen LogP contribution < -0.4 is 11.5 Å². The summed E-state index contributed by atoms with van der Waals surface area (Å²) in [5, 5.41) is 11.2. The maximum atomic E-state index is 9.47. The second-order valence-electron chi connectivity index (χ2n) is 4.13. The van der Waals surface area contributed by atoms with Crippen LogP contribution in [0.5, 0.6) is 5.75 Å². The summed E-state index contributed by atoms with van der Waals surface area (Å²) in [5.41, 5.74) is 12.5. The van der Waals surface area contributed by atoms with Gasteiger partial charge in [-0.3, -0.25) is 0 Å². The fourth-order valence-electron chi connectivity index (χ4n) is 1.80. The topological polar surface area (TPSA) is 72.3 Å². The van der Waals surface area contributed by atoms with E-state index < -0.39 is 0 Å². The molecule has 0 heterocycles. The Morgan fingerprint density at radius 1 is 0.684 bits per heavy atom. The Kier molecular flexibility index (Phi) is 3.88. The molecule has 0 aliphatic rings. The predicted molar refractivity (Wildman–Crippen MR) is 80.9 cm³/mol. The molecule has 0 aromatic heterocycles. The van der Waals surface area contributed by atoms with Gasteiger partial charge in [-0.05, 0) is 29.7 Å². The summed E-state index contributed by atoms with van der Waals surface area (Å²) in [6, 6.07) is 20.4. The third kappa shape index (κ3) is 3.16. The van der Waals surface area contributed by atoms with E-state index in [-0.39, 0.29) is 5.75 Å². The van der Waals surface area contributed by atoms with E-state index in [0.717, 1.165) is 16.5 Å². The van der Waals surface area contributed by atoms with Crippen LogP contribution in [0.4, 0.5) is 11.4 Å². The largest absolute Gasteiger partial charge is 0.507 e. The van der Waals surface area contributed by atoms with Gasteiger partial charge in [0.15, 0.2) is 0 Å². The van der Waals surface area contributed by atoms with E-state index >= 15 is 0 Å². The molecule has 0 saturated carbocycles. The molecule has 19 heavy (non-hydrogen) atoms. The molecule has 0 aliphatic carbocycles. The summed E-state index contributed by atoms with van der Waals surface area (Å²) in [7, 11) is 0. The van der Waals surface area contributed by atoms with Crippen molar-refractivity contribution in [1.29, 1.82) is 0 Å². The lowest BCUT2D eigenvalue weighted by molar-refractivity contribution is 0.482. The first-order valence-electron chi connectivity index (χ1n) is 5.95. The number of hydrogen-bond acceptors (Lipinski definition) is 3. The minimum absolute atomic E-state index is 0.241. The van der Waals surface area contributed by atoms with Crippen LogP contribution in [-0.4, -0.2) is 5.11 Å². The van der Waals surface area contributed by atoms with E-state index in [1.165, 1.54) is 0 Å². The highest BCUT2D eigenvalue weighted by Crippen LogP contribution is 2.28. The van der Waals surface area contributed by atoms with Crippen molar-refractivity contribution in [3.63, 3.8) is 0 Å². The van der Waals surface area contributed by atoms with E-state index in [2.05, 4.69) is 0 Å². The Balaban J connectivity index is 0.000000163. The quantitative estimate of drug-likeness (QED) is 0.537. The van der Waals surface area contributed by atoms with Crippen LogP contribution in [0.25, 0.3) is 10.8 Å². The summed E-state index contributed by atoms with van der Waals surface area (Å²) in [6.45, 7) is 0. The molecule has 0 aliphatic heterocycles. The number of nitrogen functional groups attached to an aromatic ring is 2. The smallest absolute Gasteiger partial charge is 0.125 e. The number of nitrogens with two attached hydrogens (primary N) is 2. The monoisotopic (exact) mass is 252 g/mol. The molecule has 0 saturated heterocycles. The maximum absolute atomic E-state index is 9.47. The number of phenolic OH excluding ortho intramolecular Hbond substituents is 1. The van der Waals surface area contributed by atoms with Crippen LogP contribution in [0.3, 0.4) is 0 Å². The van der Waals surface area contributed by atoms with Gasteiger partial charge in [-0.25, -0.2) is 0 Å². The van der Waals surface area contributed by atoms with Crippen molar-refractivity contribution in [2.75, 3.05) is 11.5 Å². The molecular weight excluding hydrogens is 236 g/mol. The Morgan fingerprint density at radius 3 is 1.84 bits per heavy atom. The number of para-hydroxylation sites is 1. The van der Waals surface area contributed by atoms with Crippen LogP contribution in [0.1, 0.15) is 0 Å². The van der Waals surface area contributed by atoms with Gasteiger partial charge < -0.3 is 16.6 Å². The molecule has 3 aromatic rings. The fourth-order valence-corrected chi connectivity index (χ4v) is 1.80. The molecule has 0 fully saturated rings. The molecule has 3 rings (SSSR count). The Hall–Kier alpha value is -2.68. The summed E-state index contributed by atoms with van der Waals surface area (Å²) in [4.78, 5) is 0. The van der Waals surface area contributed by atoms with Gasteiger partial charge in [0, 0.05) is 16.8 Å². The highest BCUT2D eigenvalue weighted by atomic mass is 16.3. The molecule has 0 amide bonds. The van der Waals surface area contributed by atoms with E-state index in [0.29, 0.717) is 5.69 Å². The van der Waals surface area contributed by atoms with Gasteiger partial charge in [0.2, 0.25) is 0 Å². The number of phenols is 1. The van der Waals surface area contributed by atoms with Crippen molar-refractivity contribution in [1.82, 2.24) is 0 Å². The average Bonchev–Trinajstić information content (AvgIpc) is 2.40. The fraction of sp³-hybridized carbons (Fsp3) is 0. The lowest BCUT2D eigenvalue weighted by atomic mass is 10.1. The number of rotatable bonds is 0. The zero-order valence-corrected chi connectivity index (χ0v) is 10.5. The molecule has 0 atom stereocenters. The second kappa shape index (κ2) is 5.78. The van der Waals surface area contributed by atoms with Crippen LogP contribution in [0.15, 0.2) is 66.7 Å². The zero-order valence-electron chi connectivity index (χ0n) is 10.5. The molecule has 3 nitrogen and oxygen atoms in total. The molecule has 5 N–H and O–H groups in total. The summed E-state index contributed by atoms with van der Waals surface area (Å²) >= 11 is 0. The SMILES string of the molecule is Nc1cccc2cccc(O)c12.Nc1ccccc1. The normalized spacial score (nSPS) is 9.68. The zero-order chi connectivity index (χ0) is 13.7. The Morgan fingerprint density at radius 2 is 1.32 bits per heavy atom. The predicted octanol–water partition coefficient (Wildman–Crippen LogP) is 3.40. The minimum Gasteiger partial charge on any atom is -0.507 e. The molecule has 3 heteroatoms. The standard InChI is InChI=1S/C10H9NO.C6H7N/c11-8-5-1-3-7-4-2-6-9(12)10(7)8;7-6-4-2-1-3-5-6/h1-6,12H,11H2;1-5H,7H2. The molecule has 96 valence electrons. The number of anilines is 2. The van der Waals surface area contributed by atoms with E-state index in [4.69, 9.17) is 11.5 Å². The van der Waals surface area contributed by atoms with Crippen molar-refractivity contribution in [3.05, 3.63) is 66.7 Å². The van der Waals surface area contributed by atoms with Crippen molar-refractivity contribution in [3.8, 4) is 5.75 Å². The highest BCUT2D eigenvalue weighted by Gasteiger charge is 2.00. The van der Waals surface area contributed by atoms with Crippen molar-refractivity contribution in [2.24, 2.45) is 0 Å². The van der Waals surface area contributed by atoms with Gasteiger partial charge in [-0.2, -0.15) is 0 Å². The van der Waals surface area contributed by atoms with Gasteiger partial charge in [0.05, 0.1) is 0 Å². The average molecular weight is 252 g/mol. The van der Waals surface area contributed by atoms with E-state index in [9.17, 15) is 5.11 Å². The van der Waals surface area contributed by atoms with Crippen LogP contribution >= 0.6 is 0 Å². The Labute approximate surface area is 112 Å². The van der Waals surface area contributed by atoms with Crippen LogP contribution in [0.2, 0.25) is 0 Å². The van der Waals surface area contributed by atoms with Crippen LogP contribution in [0, 0.1) is 0 Å². The first-order valence-corrected chi connectivity index (χ1v) is 5.95. The molecule has 3 aromatic carbocycles. The van der Waals surface area contributed by atoms with Gasteiger partial charge in [0.25, 0.3) is 0 Å². The number of hydrogen-bond donors (Lipinski definition) is 3. The third-order valence-corrected chi connectivity index (χ3v) is 2.71.